The third-order valence-corrected chi connectivity index (χ3v) is 4.02. The molecule has 0 radical (unpaired) electrons. The summed E-state index contributed by atoms with van der Waals surface area (Å²) < 4.78 is 0. The minimum atomic E-state index is -1.22. The van der Waals surface area contributed by atoms with Gasteiger partial charge in [0.25, 0.3) is 5.91 Å². The minimum Gasteiger partial charge on any atom is -0.480 e. The van der Waals surface area contributed by atoms with Gasteiger partial charge in [0.2, 0.25) is 0 Å². The molecule has 1 heterocycles. The van der Waals surface area contributed by atoms with E-state index >= 15 is 0 Å². The number of aliphatic carboxylic acids is 1. The van der Waals surface area contributed by atoms with Gasteiger partial charge in [0.1, 0.15) is 10.7 Å². The van der Waals surface area contributed by atoms with Crippen LogP contribution in [0, 0.1) is 5.92 Å². The van der Waals surface area contributed by atoms with Crippen LogP contribution in [-0.2, 0) is 11.2 Å². The molecule has 0 aromatic carbocycles. The first-order valence-electron chi connectivity index (χ1n) is 7.09. The lowest BCUT2D eigenvalue weighted by molar-refractivity contribution is -0.144. The summed E-state index contributed by atoms with van der Waals surface area (Å²) in [5.74, 6) is -1.44. The summed E-state index contributed by atoms with van der Waals surface area (Å²) in [7, 11) is 0. The van der Waals surface area contributed by atoms with E-state index in [9.17, 15) is 14.7 Å². The Morgan fingerprint density at radius 3 is 2.67 bits per heavy atom. The number of carboxylic acids is 1. The van der Waals surface area contributed by atoms with Crippen LogP contribution in [0.4, 0.5) is 0 Å². The Bertz CT molecular complexity index is 572. The van der Waals surface area contributed by atoms with Gasteiger partial charge in [0.15, 0.2) is 0 Å². The number of carboxylic acid groups (broad SMARTS) is 1. The lowest BCUT2D eigenvalue weighted by Crippen LogP contribution is -2.54. The summed E-state index contributed by atoms with van der Waals surface area (Å²) in [6.45, 7) is 3.57. The standard InChI is InChI=1S/C15H19ClN2O3/c1-3-4-11-7-9(8-12(16)17-11)13(19)18-15(2,14(20)21)10-5-6-10/h7-8,10H,3-6H2,1-2H3,(H,18,19)(H,20,21). The summed E-state index contributed by atoms with van der Waals surface area (Å²) in [6.07, 6.45) is 3.26. The van der Waals surface area contributed by atoms with Gasteiger partial charge in [-0.3, -0.25) is 4.79 Å². The summed E-state index contributed by atoms with van der Waals surface area (Å²) >= 11 is 5.93. The maximum Gasteiger partial charge on any atom is 0.329 e. The number of hydrogen-bond acceptors (Lipinski definition) is 3. The molecule has 1 aromatic rings. The predicted octanol–water partition coefficient (Wildman–Crippen LogP) is 2.67. The third kappa shape index (κ3) is 3.53. The number of rotatable bonds is 6. The highest BCUT2D eigenvalue weighted by molar-refractivity contribution is 6.29. The van der Waals surface area contributed by atoms with E-state index in [2.05, 4.69) is 10.3 Å². The average molecular weight is 311 g/mol. The molecule has 1 fully saturated rings. The van der Waals surface area contributed by atoms with Gasteiger partial charge in [-0.15, -0.1) is 0 Å². The van der Waals surface area contributed by atoms with Crippen LogP contribution in [0.1, 0.15) is 49.2 Å². The number of hydrogen-bond donors (Lipinski definition) is 2. The molecule has 1 atom stereocenters. The fourth-order valence-electron chi connectivity index (χ4n) is 2.37. The number of amides is 1. The lowest BCUT2D eigenvalue weighted by atomic mass is 9.95. The van der Waals surface area contributed by atoms with Gasteiger partial charge in [-0.05, 0) is 44.2 Å². The largest absolute Gasteiger partial charge is 0.480 e. The first-order chi connectivity index (χ1) is 9.86. The number of aromatic nitrogens is 1. The van der Waals surface area contributed by atoms with Crippen molar-refractivity contribution in [3.8, 4) is 0 Å². The molecular weight excluding hydrogens is 292 g/mol. The quantitative estimate of drug-likeness (QED) is 0.792. The van der Waals surface area contributed by atoms with Crippen LogP contribution in [0.25, 0.3) is 0 Å². The van der Waals surface area contributed by atoms with Gasteiger partial charge in [-0.2, -0.15) is 0 Å². The number of pyridine rings is 1. The van der Waals surface area contributed by atoms with Crippen molar-refractivity contribution in [2.75, 3.05) is 0 Å². The molecule has 1 unspecified atom stereocenters. The van der Waals surface area contributed by atoms with Crippen molar-refractivity contribution in [3.05, 3.63) is 28.5 Å². The van der Waals surface area contributed by atoms with Gasteiger partial charge in [0.05, 0.1) is 0 Å². The van der Waals surface area contributed by atoms with E-state index < -0.39 is 17.4 Å². The average Bonchev–Trinajstić information content (AvgIpc) is 3.22. The van der Waals surface area contributed by atoms with E-state index in [0.29, 0.717) is 5.56 Å². The smallest absolute Gasteiger partial charge is 0.329 e. The van der Waals surface area contributed by atoms with E-state index in [4.69, 9.17) is 11.6 Å². The molecule has 21 heavy (non-hydrogen) atoms. The predicted molar refractivity (Wildman–Crippen MR) is 79.5 cm³/mol. The number of aryl methyl sites for hydroxylation is 1. The Morgan fingerprint density at radius 1 is 1.48 bits per heavy atom. The maximum absolute atomic E-state index is 12.3. The van der Waals surface area contributed by atoms with Crippen molar-refractivity contribution in [1.29, 1.82) is 0 Å². The highest BCUT2D eigenvalue weighted by atomic mass is 35.5. The lowest BCUT2D eigenvalue weighted by Gasteiger charge is -2.26. The summed E-state index contributed by atoms with van der Waals surface area (Å²) in [4.78, 5) is 28.0. The van der Waals surface area contributed by atoms with Crippen LogP contribution in [0.2, 0.25) is 5.15 Å². The fraction of sp³-hybridized carbons (Fsp3) is 0.533. The van der Waals surface area contributed by atoms with Gasteiger partial charge < -0.3 is 10.4 Å². The van der Waals surface area contributed by atoms with Crippen LogP contribution in [-0.4, -0.2) is 27.5 Å². The molecule has 6 heteroatoms. The molecule has 1 aromatic heterocycles. The monoisotopic (exact) mass is 310 g/mol. The normalized spacial score (nSPS) is 17.1. The number of carbonyl (C=O) groups is 2. The van der Waals surface area contributed by atoms with Crippen molar-refractivity contribution >= 4 is 23.5 Å². The number of halogens is 1. The topological polar surface area (TPSA) is 79.3 Å². The van der Waals surface area contributed by atoms with E-state index in [1.807, 2.05) is 6.92 Å². The summed E-state index contributed by atoms with van der Waals surface area (Å²) in [6, 6.07) is 3.13. The molecule has 0 aliphatic heterocycles. The molecule has 1 aliphatic rings. The molecule has 0 bridgehead atoms. The van der Waals surface area contributed by atoms with E-state index in [1.54, 1.807) is 13.0 Å². The van der Waals surface area contributed by atoms with Gasteiger partial charge in [-0.25, -0.2) is 9.78 Å². The molecule has 2 rings (SSSR count). The van der Waals surface area contributed by atoms with Gasteiger partial charge >= 0.3 is 5.97 Å². The molecule has 0 spiro atoms. The van der Waals surface area contributed by atoms with Gasteiger partial charge in [0, 0.05) is 11.3 Å². The summed E-state index contributed by atoms with van der Waals surface area (Å²) in [5, 5.41) is 12.3. The van der Waals surface area contributed by atoms with Crippen LogP contribution < -0.4 is 5.32 Å². The Morgan fingerprint density at radius 2 is 2.14 bits per heavy atom. The van der Waals surface area contributed by atoms with Crippen LogP contribution in [0.5, 0.6) is 0 Å². The van der Waals surface area contributed by atoms with E-state index in [1.165, 1.54) is 6.07 Å². The zero-order chi connectivity index (χ0) is 15.6. The van der Waals surface area contributed by atoms with E-state index in [-0.39, 0.29) is 11.1 Å². The molecule has 5 nitrogen and oxygen atoms in total. The molecule has 1 amide bonds. The minimum absolute atomic E-state index is 0.00799. The second kappa shape index (κ2) is 6.02. The van der Waals surface area contributed by atoms with Crippen molar-refractivity contribution in [3.63, 3.8) is 0 Å². The molecule has 114 valence electrons. The van der Waals surface area contributed by atoms with Crippen molar-refractivity contribution in [2.24, 2.45) is 5.92 Å². The number of carbonyl (C=O) groups excluding carboxylic acids is 1. The second-order valence-electron chi connectivity index (χ2n) is 5.66. The highest BCUT2D eigenvalue weighted by Crippen LogP contribution is 2.39. The fourth-order valence-corrected chi connectivity index (χ4v) is 2.59. The Hall–Kier alpha value is -1.62. The second-order valence-corrected chi connectivity index (χ2v) is 6.04. The zero-order valence-corrected chi connectivity index (χ0v) is 12.9. The Balaban J connectivity index is 2.21. The van der Waals surface area contributed by atoms with Crippen molar-refractivity contribution in [1.82, 2.24) is 10.3 Å². The molecule has 0 saturated heterocycles. The summed E-state index contributed by atoms with van der Waals surface area (Å²) in [5.41, 5.74) is -0.136. The maximum atomic E-state index is 12.3. The number of nitrogens with one attached hydrogen (secondary N) is 1. The Kier molecular flexibility index (Phi) is 4.52. The van der Waals surface area contributed by atoms with Crippen LogP contribution in [0.15, 0.2) is 12.1 Å². The highest BCUT2D eigenvalue weighted by Gasteiger charge is 2.48. The SMILES string of the molecule is CCCc1cc(C(=O)NC(C)(C(=O)O)C2CC2)cc(Cl)n1. The molecular formula is C15H19ClN2O3. The van der Waals surface area contributed by atoms with Crippen LogP contribution in [0.3, 0.4) is 0 Å². The first kappa shape index (κ1) is 15.8. The molecule has 2 N–H and O–H groups in total. The molecule has 1 saturated carbocycles. The Labute approximate surface area is 128 Å². The third-order valence-electron chi connectivity index (χ3n) is 3.83. The van der Waals surface area contributed by atoms with Crippen molar-refractivity contribution < 1.29 is 14.7 Å². The first-order valence-corrected chi connectivity index (χ1v) is 7.47. The van der Waals surface area contributed by atoms with E-state index in [0.717, 1.165) is 31.4 Å². The van der Waals surface area contributed by atoms with Crippen molar-refractivity contribution in [2.45, 2.75) is 45.1 Å². The zero-order valence-electron chi connectivity index (χ0n) is 12.1. The number of nitrogens with zero attached hydrogens (tertiary/aromatic N) is 1. The molecule has 1 aliphatic carbocycles. The van der Waals surface area contributed by atoms with Crippen LogP contribution >= 0.6 is 11.6 Å². The van der Waals surface area contributed by atoms with Gasteiger partial charge in [-0.1, -0.05) is 24.9 Å².